The van der Waals surface area contributed by atoms with Crippen LogP contribution in [0.5, 0.6) is 0 Å². The third kappa shape index (κ3) is 3.77. The van der Waals surface area contributed by atoms with Crippen molar-refractivity contribution >= 4 is 18.3 Å². The number of nitrogens with two attached hydrogens (primary N) is 1. The molecule has 0 saturated heterocycles. The second-order valence-corrected chi connectivity index (χ2v) is 4.07. The lowest BCUT2D eigenvalue weighted by Gasteiger charge is -2.10. The van der Waals surface area contributed by atoms with Crippen LogP contribution in [0.25, 0.3) is 11.4 Å². The number of nitrogens with zero attached hydrogens (tertiary/aromatic N) is 2. The SMILES string of the molecule is C[C@H](N)CNC(=O)c1ccccc1-c1ncn[nH]1.Cl. The fraction of sp³-hybridized carbons (Fsp3) is 0.250. The first-order valence-electron chi connectivity index (χ1n) is 5.67. The second-order valence-electron chi connectivity index (χ2n) is 4.07. The summed E-state index contributed by atoms with van der Waals surface area (Å²) in [5, 5.41) is 9.31. The Bertz CT molecular complexity index is 527. The van der Waals surface area contributed by atoms with Gasteiger partial charge in [0.2, 0.25) is 0 Å². The van der Waals surface area contributed by atoms with Crippen molar-refractivity contribution in [3.63, 3.8) is 0 Å². The minimum absolute atomic E-state index is 0. The van der Waals surface area contributed by atoms with Gasteiger partial charge in [0.25, 0.3) is 5.91 Å². The number of hydrogen-bond donors (Lipinski definition) is 3. The molecule has 1 amide bonds. The van der Waals surface area contributed by atoms with Crippen LogP contribution in [0.1, 0.15) is 17.3 Å². The summed E-state index contributed by atoms with van der Waals surface area (Å²) < 4.78 is 0. The van der Waals surface area contributed by atoms with Gasteiger partial charge < -0.3 is 11.1 Å². The van der Waals surface area contributed by atoms with E-state index in [9.17, 15) is 4.79 Å². The molecule has 6 nitrogen and oxygen atoms in total. The van der Waals surface area contributed by atoms with Gasteiger partial charge in [0.15, 0.2) is 5.82 Å². The lowest BCUT2D eigenvalue weighted by atomic mass is 10.1. The molecule has 0 aliphatic heterocycles. The van der Waals surface area contributed by atoms with Crippen LogP contribution in [0.4, 0.5) is 0 Å². The molecule has 0 radical (unpaired) electrons. The van der Waals surface area contributed by atoms with E-state index in [1.807, 2.05) is 19.1 Å². The predicted molar refractivity (Wildman–Crippen MR) is 75.0 cm³/mol. The van der Waals surface area contributed by atoms with E-state index >= 15 is 0 Å². The van der Waals surface area contributed by atoms with Crippen LogP contribution in [0.2, 0.25) is 0 Å². The van der Waals surface area contributed by atoms with Crippen molar-refractivity contribution in [2.45, 2.75) is 13.0 Å². The maximum absolute atomic E-state index is 12.0. The Morgan fingerprint density at radius 1 is 1.47 bits per heavy atom. The summed E-state index contributed by atoms with van der Waals surface area (Å²) in [7, 11) is 0. The van der Waals surface area contributed by atoms with E-state index in [0.717, 1.165) is 5.56 Å². The Balaban J connectivity index is 0.00000180. The van der Waals surface area contributed by atoms with Gasteiger partial charge in [0.05, 0.1) is 5.56 Å². The molecule has 1 aromatic heterocycles. The minimum atomic E-state index is -0.167. The molecule has 0 bridgehead atoms. The Morgan fingerprint density at radius 3 is 2.84 bits per heavy atom. The standard InChI is InChI=1S/C12H15N5O.ClH/c1-8(13)6-14-12(18)10-5-3-2-4-9(10)11-15-7-16-17-11;/h2-5,7-8H,6,13H2,1H3,(H,14,18)(H,15,16,17);1H/t8-;/m0./s1. The Labute approximate surface area is 117 Å². The van der Waals surface area contributed by atoms with E-state index in [0.29, 0.717) is 17.9 Å². The van der Waals surface area contributed by atoms with Crippen LogP contribution in [0.15, 0.2) is 30.6 Å². The van der Waals surface area contributed by atoms with E-state index in [1.54, 1.807) is 12.1 Å². The average Bonchev–Trinajstić information content (AvgIpc) is 2.89. The molecule has 0 aliphatic rings. The second kappa shape index (κ2) is 6.86. The van der Waals surface area contributed by atoms with E-state index in [1.165, 1.54) is 6.33 Å². The first kappa shape index (κ1) is 15.1. The van der Waals surface area contributed by atoms with Gasteiger partial charge in [-0.2, -0.15) is 5.10 Å². The van der Waals surface area contributed by atoms with Crippen LogP contribution in [-0.2, 0) is 0 Å². The molecule has 0 fully saturated rings. The first-order chi connectivity index (χ1) is 8.68. The highest BCUT2D eigenvalue weighted by Crippen LogP contribution is 2.18. The molecule has 4 N–H and O–H groups in total. The van der Waals surface area contributed by atoms with Crippen molar-refractivity contribution < 1.29 is 4.79 Å². The summed E-state index contributed by atoms with van der Waals surface area (Å²) >= 11 is 0. The van der Waals surface area contributed by atoms with Crippen LogP contribution < -0.4 is 11.1 Å². The molecule has 2 rings (SSSR count). The maximum atomic E-state index is 12.0. The number of rotatable bonds is 4. The number of amides is 1. The highest BCUT2D eigenvalue weighted by atomic mass is 35.5. The lowest BCUT2D eigenvalue weighted by molar-refractivity contribution is 0.0952. The number of aromatic nitrogens is 3. The number of hydrogen-bond acceptors (Lipinski definition) is 4. The van der Waals surface area contributed by atoms with Crippen molar-refractivity contribution in [2.24, 2.45) is 5.73 Å². The third-order valence-electron chi connectivity index (χ3n) is 2.43. The monoisotopic (exact) mass is 281 g/mol. The number of benzene rings is 1. The fourth-order valence-electron chi connectivity index (χ4n) is 1.57. The number of nitrogens with one attached hydrogen (secondary N) is 2. The number of carbonyl (C=O) groups is 1. The van der Waals surface area contributed by atoms with Crippen LogP contribution in [0, 0.1) is 0 Å². The molecule has 0 spiro atoms. The van der Waals surface area contributed by atoms with Gasteiger partial charge in [0, 0.05) is 18.2 Å². The normalized spacial score (nSPS) is 11.5. The first-order valence-corrected chi connectivity index (χ1v) is 5.67. The molecule has 0 saturated carbocycles. The van der Waals surface area contributed by atoms with Gasteiger partial charge in [-0.3, -0.25) is 9.89 Å². The zero-order valence-electron chi connectivity index (χ0n) is 10.5. The molecule has 1 aromatic carbocycles. The number of halogens is 1. The van der Waals surface area contributed by atoms with E-state index in [-0.39, 0.29) is 24.4 Å². The summed E-state index contributed by atoms with van der Waals surface area (Å²) in [6.07, 6.45) is 1.41. The van der Waals surface area contributed by atoms with Gasteiger partial charge in [0.1, 0.15) is 6.33 Å². The highest BCUT2D eigenvalue weighted by Gasteiger charge is 2.13. The van der Waals surface area contributed by atoms with E-state index in [2.05, 4.69) is 20.5 Å². The van der Waals surface area contributed by atoms with Gasteiger partial charge >= 0.3 is 0 Å². The van der Waals surface area contributed by atoms with Crippen molar-refractivity contribution in [1.82, 2.24) is 20.5 Å². The van der Waals surface area contributed by atoms with Gasteiger partial charge in [-0.15, -0.1) is 12.4 Å². The molecule has 102 valence electrons. The van der Waals surface area contributed by atoms with Crippen molar-refractivity contribution in [3.05, 3.63) is 36.2 Å². The molecule has 1 atom stereocenters. The van der Waals surface area contributed by atoms with Gasteiger partial charge in [-0.05, 0) is 13.0 Å². The van der Waals surface area contributed by atoms with Crippen LogP contribution in [0.3, 0.4) is 0 Å². The molecule has 1 heterocycles. The Hall–Kier alpha value is -1.92. The minimum Gasteiger partial charge on any atom is -0.350 e. The number of aromatic amines is 1. The molecule has 7 heteroatoms. The maximum Gasteiger partial charge on any atom is 0.252 e. The predicted octanol–water partition coefficient (Wildman–Crippen LogP) is 0.970. The Morgan fingerprint density at radius 2 is 2.21 bits per heavy atom. The largest absolute Gasteiger partial charge is 0.350 e. The van der Waals surface area contributed by atoms with Gasteiger partial charge in [-0.1, -0.05) is 18.2 Å². The molecule has 19 heavy (non-hydrogen) atoms. The average molecular weight is 282 g/mol. The third-order valence-corrected chi connectivity index (χ3v) is 2.43. The summed E-state index contributed by atoms with van der Waals surface area (Å²) in [6.45, 7) is 2.27. The molecule has 0 aliphatic carbocycles. The van der Waals surface area contributed by atoms with Crippen molar-refractivity contribution in [2.75, 3.05) is 6.54 Å². The van der Waals surface area contributed by atoms with Crippen LogP contribution >= 0.6 is 12.4 Å². The summed E-state index contributed by atoms with van der Waals surface area (Å²) in [5.74, 6) is 0.404. The smallest absolute Gasteiger partial charge is 0.252 e. The quantitative estimate of drug-likeness (QED) is 0.778. The van der Waals surface area contributed by atoms with Crippen LogP contribution in [-0.4, -0.2) is 33.7 Å². The zero-order valence-corrected chi connectivity index (χ0v) is 11.3. The highest BCUT2D eigenvalue weighted by molar-refractivity contribution is 6.00. The fourth-order valence-corrected chi connectivity index (χ4v) is 1.57. The van der Waals surface area contributed by atoms with Gasteiger partial charge in [-0.25, -0.2) is 4.98 Å². The molecular weight excluding hydrogens is 266 g/mol. The molecule has 0 unspecified atom stereocenters. The number of carbonyl (C=O) groups excluding carboxylic acids is 1. The van der Waals surface area contributed by atoms with Crippen molar-refractivity contribution in [3.8, 4) is 11.4 Å². The Kier molecular flexibility index (Phi) is 5.47. The van der Waals surface area contributed by atoms with E-state index < -0.39 is 0 Å². The molecular formula is C12H16ClN5O. The zero-order chi connectivity index (χ0) is 13.0. The van der Waals surface area contributed by atoms with Crippen molar-refractivity contribution in [1.29, 1.82) is 0 Å². The summed E-state index contributed by atoms with van der Waals surface area (Å²) in [5.41, 5.74) is 6.88. The van der Waals surface area contributed by atoms with E-state index in [4.69, 9.17) is 5.73 Å². The summed E-state index contributed by atoms with van der Waals surface area (Å²) in [4.78, 5) is 16.1. The molecule has 2 aromatic rings. The topological polar surface area (TPSA) is 96.7 Å². The number of H-pyrrole nitrogens is 1. The summed E-state index contributed by atoms with van der Waals surface area (Å²) in [6, 6.07) is 7.14. The lowest BCUT2D eigenvalue weighted by Crippen LogP contribution is -2.35.